The Kier molecular flexibility index (Phi) is 6.01. The van der Waals surface area contributed by atoms with Gasteiger partial charge in [-0.25, -0.2) is 9.78 Å². The van der Waals surface area contributed by atoms with Gasteiger partial charge in [-0.15, -0.1) is 0 Å². The fourth-order valence-electron chi connectivity index (χ4n) is 1.80. The van der Waals surface area contributed by atoms with Crippen molar-refractivity contribution in [3.05, 3.63) is 50.9 Å². The Balaban J connectivity index is 0.00000180. The number of hydrogen-bond acceptors (Lipinski definition) is 2. The van der Waals surface area contributed by atoms with Crippen molar-refractivity contribution in [1.82, 2.24) is 9.55 Å². The molecule has 0 saturated carbocycles. The third-order valence-corrected chi connectivity index (χ3v) is 3.81. The van der Waals surface area contributed by atoms with Crippen LogP contribution in [0.1, 0.15) is 29.0 Å². The van der Waals surface area contributed by atoms with Gasteiger partial charge in [-0.2, -0.15) is 0 Å². The van der Waals surface area contributed by atoms with Crippen LogP contribution in [0.4, 0.5) is 0 Å². The first-order valence-corrected chi connectivity index (χ1v) is 6.82. The average Bonchev–Trinajstić information content (AvgIpc) is 2.64. The van der Waals surface area contributed by atoms with Crippen molar-refractivity contribution >= 4 is 37.8 Å². The van der Waals surface area contributed by atoms with E-state index in [2.05, 4.69) is 36.8 Å². The maximum absolute atomic E-state index is 11.3. The molecule has 0 unspecified atom stereocenters. The number of halogens is 2. The van der Waals surface area contributed by atoms with Gasteiger partial charge in [0.15, 0.2) is 10.4 Å². The molecule has 0 aliphatic heterocycles. The normalized spacial score (nSPS) is 11.7. The number of aromatic nitrogens is 2. The summed E-state index contributed by atoms with van der Waals surface area (Å²) < 4.78 is 2.45. The summed E-state index contributed by atoms with van der Waals surface area (Å²) in [5.41, 5.74) is 1.16. The van der Waals surface area contributed by atoms with Gasteiger partial charge in [-0.05, 0) is 44.3 Å². The first kappa shape index (κ1) is 16.7. The first-order valence-electron chi connectivity index (χ1n) is 5.24. The van der Waals surface area contributed by atoms with Crippen molar-refractivity contribution < 1.29 is 32.3 Å². The van der Waals surface area contributed by atoms with E-state index in [-0.39, 0.29) is 34.1 Å². The van der Waals surface area contributed by atoms with Crippen LogP contribution in [0.2, 0.25) is 0 Å². The predicted octanol–water partition coefficient (Wildman–Crippen LogP) is 3.71. The second kappa shape index (κ2) is 6.85. The van der Waals surface area contributed by atoms with Crippen LogP contribution in [0.3, 0.4) is 0 Å². The van der Waals surface area contributed by atoms with Gasteiger partial charge in [-0.1, -0.05) is 30.3 Å². The van der Waals surface area contributed by atoms with Crippen LogP contribution in [-0.4, -0.2) is 20.6 Å². The van der Waals surface area contributed by atoms with Crippen molar-refractivity contribution in [2.24, 2.45) is 0 Å². The van der Waals surface area contributed by atoms with Crippen molar-refractivity contribution in [2.75, 3.05) is 0 Å². The Hall–Kier alpha value is -0.400. The van der Waals surface area contributed by atoms with Crippen molar-refractivity contribution in [3.63, 3.8) is 0 Å². The molecule has 2 rings (SSSR count). The molecule has 1 radical (unpaired) electrons. The summed E-state index contributed by atoms with van der Waals surface area (Å²) in [6.45, 7) is 1.93. The smallest absolute Gasteiger partial charge is 0.355 e. The van der Waals surface area contributed by atoms with E-state index in [0.29, 0.717) is 9.34 Å². The number of carbonyl (C=O) groups is 1. The number of benzene rings is 1. The topological polar surface area (TPSA) is 55.1 Å². The van der Waals surface area contributed by atoms with E-state index < -0.39 is 5.97 Å². The molecule has 0 aliphatic rings. The molecule has 0 spiro atoms. The van der Waals surface area contributed by atoms with E-state index in [4.69, 9.17) is 0 Å². The fourth-order valence-corrected chi connectivity index (χ4v) is 3.23. The Morgan fingerprint density at radius 1 is 1.32 bits per heavy atom. The van der Waals surface area contributed by atoms with E-state index in [1.807, 2.05) is 37.3 Å². The Bertz CT molecular complexity index is 587. The standard InChI is InChI=1S/C12H10Br2N2O2.Ag/c1-7(8-5-3-2-4-6-8)16-9(11(17)18)10(13)15-12(16)14;/h2-7H,1H3,(H,17,18);/t7-;/m1./s1. The molecule has 0 fully saturated rings. The van der Waals surface area contributed by atoms with Crippen LogP contribution in [0.15, 0.2) is 39.7 Å². The zero-order valence-electron chi connectivity index (χ0n) is 9.77. The van der Waals surface area contributed by atoms with E-state index >= 15 is 0 Å². The Labute approximate surface area is 143 Å². The predicted molar refractivity (Wildman–Crippen MR) is 74.8 cm³/mol. The molecule has 1 atom stereocenters. The van der Waals surface area contributed by atoms with Gasteiger partial charge in [0.1, 0.15) is 4.60 Å². The van der Waals surface area contributed by atoms with Crippen LogP contribution >= 0.6 is 31.9 Å². The molecule has 4 nitrogen and oxygen atoms in total. The van der Waals surface area contributed by atoms with Crippen LogP contribution in [0.5, 0.6) is 0 Å². The van der Waals surface area contributed by atoms with Crippen molar-refractivity contribution in [3.8, 4) is 0 Å². The quantitative estimate of drug-likeness (QED) is 0.680. The van der Waals surface area contributed by atoms with Gasteiger partial charge in [0.2, 0.25) is 0 Å². The molecule has 105 valence electrons. The zero-order valence-corrected chi connectivity index (χ0v) is 14.4. The molecule has 1 aromatic carbocycles. The van der Waals surface area contributed by atoms with Gasteiger partial charge in [-0.3, -0.25) is 0 Å². The molecular formula is C12H10AgBr2N2O2. The SMILES string of the molecule is C[C@H](c1ccccc1)n1c(Br)nc(Br)c1C(=O)O.[Ag]. The Morgan fingerprint density at radius 2 is 1.89 bits per heavy atom. The van der Waals surface area contributed by atoms with E-state index in [9.17, 15) is 9.90 Å². The minimum Gasteiger partial charge on any atom is -0.476 e. The number of hydrogen-bond donors (Lipinski definition) is 1. The Morgan fingerprint density at radius 3 is 2.42 bits per heavy atom. The van der Waals surface area contributed by atoms with Gasteiger partial charge >= 0.3 is 5.97 Å². The van der Waals surface area contributed by atoms with Crippen LogP contribution in [0, 0.1) is 0 Å². The summed E-state index contributed by atoms with van der Waals surface area (Å²) in [4.78, 5) is 15.4. The number of rotatable bonds is 3. The van der Waals surface area contributed by atoms with Crippen LogP contribution < -0.4 is 0 Å². The first-order chi connectivity index (χ1) is 8.52. The van der Waals surface area contributed by atoms with E-state index in [0.717, 1.165) is 5.56 Å². The van der Waals surface area contributed by atoms with Gasteiger partial charge in [0.25, 0.3) is 0 Å². The average molecular weight is 482 g/mol. The largest absolute Gasteiger partial charge is 0.476 e. The molecule has 0 saturated heterocycles. The van der Waals surface area contributed by atoms with Gasteiger partial charge < -0.3 is 9.67 Å². The number of nitrogens with zero attached hydrogens (tertiary/aromatic N) is 2. The number of carboxylic acid groups (broad SMARTS) is 1. The molecule has 0 aliphatic carbocycles. The molecular weight excluding hydrogens is 472 g/mol. The van der Waals surface area contributed by atoms with Crippen LogP contribution in [-0.2, 0) is 22.4 Å². The molecule has 2 aromatic rings. The molecule has 1 aromatic heterocycles. The fraction of sp³-hybridized carbons (Fsp3) is 0.167. The van der Waals surface area contributed by atoms with Crippen molar-refractivity contribution in [1.29, 1.82) is 0 Å². The summed E-state index contributed by atoms with van der Waals surface area (Å²) in [6, 6.07) is 9.56. The van der Waals surface area contributed by atoms with Gasteiger partial charge in [0.05, 0.1) is 6.04 Å². The zero-order chi connectivity index (χ0) is 13.3. The second-order valence-corrected chi connectivity index (χ2v) is 5.24. The number of imidazole rings is 1. The maximum Gasteiger partial charge on any atom is 0.355 e. The maximum atomic E-state index is 11.3. The molecule has 1 heterocycles. The summed E-state index contributed by atoms with van der Waals surface area (Å²) in [6.07, 6.45) is 0. The third kappa shape index (κ3) is 3.38. The van der Waals surface area contributed by atoms with E-state index in [1.54, 1.807) is 4.57 Å². The minimum absolute atomic E-state index is 0. The number of carboxylic acids is 1. The minimum atomic E-state index is -1.01. The molecule has 19 heavy (non-hydrogen) atoms. The summed E-state index contributed by atoms with van der Waals surface area (Å²) in [5, 5.41) is 9.24. The monoisotopic (exact) mass is 479 g/mol. The van der Waals surface area contributed by atoms with E-state index in [1.165, 1.54) is 0 Å². The second-order valence-electron chi connectivity index (χ2n) is 3.78. The summed E-state index contributed by atoms with van der Waals surface area (Å²) in [7, 11) is 0. The van der Waals surface area contributed by atoms with Crippen molar-refractivity contribution in [2.45, 2.75) is 13.0 Å². The molecule has 0 bridgehead atoms. The molecule has 1 N–H and O–H groups in total. The molecule has 0 amide bonds. The van der Waals surface area contributed by atoms with Gasteiger partial charge in [0, 0.05) is 22.4 Å². The molecule has 7 heteroatoms. The van der Waals surface area contributed by atoms with Crippen LogP contribution in [0.25, 0.3) is 0 Å². The number of aromatic carboxylic acids is 1. The third-order valence-electron chi connectivity index (χ3n) is 2.70. The summed E-state index contributed by atoms with van der Waals surface area (Å²) in [5.74, 6) is -1.01. The summed E-state index contributed by atoms with van der Waals surface area (Å²) >= 11 is 6.46.